The normalized spacial score (nSPS) is 10.8. The van der Waals surface area contributed by atoms with Crippen molar-refractivity contribution >= 4 is 22.5 Å². The predicted molar refractivity (Wildman–Crippen MR) is 99.8 cm³/mol. The Morgan fingerprint density at radius 2 is 1.88 bits per heavy atom. The van der Waals surface area contributed by atoms with Gasteiger partial charge in [-0.1, -0.05) is 31.2 Å². The van der Waals surface area contributed by atoms with Gasteiger partial charge in [0.2, 0.25) is 5.91 Å². The first-order chi connectivity index (χ1) is 12.2. The number of benzene rings is 2. The summed E-state index contributed by atoms with van der Waals surface area (Å²) >= 11 is 0. The van der Waals surface area contributed by atoms with Crippen LogP contribution in [0.3, 0.4) is 0 Å². The van der Waals surface area contributed by atoms with Crippen molar-refractivity contribution in [2.45, 2.75) is 32.6 Å². The molecule has 0 aliphatic heterocycles. The molecule has 5 heteroatoms. The standard InChI is InChI=1S/C20H21N3O2/c1-2-14-10-12-15(13-11-14)21-19(24)9-5-8-18-22-17-7-4-3-6-16(17)20(25)23-18/h3-4,6-7,10-13H,2,5,8-9H2,1H3,(H,21,24)(H,22,23,25). The molecule has 0 bridgehead atoms. The molecule has 0 atom stereocenters. The number of nitrogens with zero attached hydrogens (tertiary/aromatic N) is 1. The Morgan fingerprint density at radius 1 is 1.12 bits per heavy atom. The molecule has 0 saturated heterocycles. The van der Waals surface area contributed by atoms with Gasteiger partial charge in [0.25, 0.3) is 5.56 Å². The smallest absolute Gasteiger partial charge is 0.258 e. The van der Waals surface area contributed by atoms with Gasteiger partial charge < -0.3 is 10.3 Å². The minimum atomic E-state index is -0.138. The maximum Gasteiger partial charge on any atom is 0.258 e. The lowest BCUT2D eigenvalue weighted by atomic mass is 10.1. The number of amides is 1. The van der Waals surface area contributed by atoms with E-state index in [0.29, 0.717) is 36.0 Å². The molecule has 0 unspecified atom stereocenters. The zero-order valence-electron chi connectivity index (χ0n) is 14.2. The van der Waals surface area contributed by atoms with Crippen LogP contribution in [-0.2, 0) is 17.6 Å². The molecule has 128 valence electrons. The summed E-state index contributed by atoms with van der Waals surface area (Å²) in [5.41, 5.74) is 2.59. The number of aryl methyl sites for hydroxylation is 2. The van der Waals surface area contributed by atoms with E-state index in [4.69, 9.17) is 0 Å². The third kappa shape index (κ3) is 4.32. The number of rotatable bonds is 6. The van der Waals surface area contributed by atoms with Gasteiger partial charge in [0.15, 0.2) is 0 Å². The Balaban J connectivity index is 1.55. The first-order valence-corrected chi connectivity index (χ1v) is 8.52. The monoisotopic (exact) mass is 335 g/mol. The highest BCUT2D eigenvalue weighted by Crippen LogP contribution is 2.11. The number of anilines is 1. The fourth-order valence-corrected chi connectivity index (χ4v) is 2.72. The van der Waals surface area contributed by atoms with Crippen molar-refractivity contribution in [3.05, 3.63) is 70.3 Å². The van der Waals surface area contributed by atoms with Crippen molar-refractivity contribution in [1.29, 1.82) is 0 Å². The molecule has 1 amide bonds. The number of para-hydroxylation sites is 1. The maximum atomic E-state index is 12.0. The molecule has 0 fully saturated rings. The average Bonchev–Trinajstić information content (AvgIpc) is 2.62. The van der Waals surface area contributed by atoms with Crippen LogP contribution in [0.15, 0.2) is 53.3 Å². The van der Waals surface area contributed by atoms with Crippen LogP contribution in [0.5, 0.6) is 0 Å². The number of carbonyl (C=O) groups excluding carboxylic acids is 1. The molecule has 1 heterocycles. The Hall–Kier alpha value is -2.95. The number of nitrogens with one attached hydrogen (secondary N) is 2. The molecule has 0 radical (unpaired) electrons. The van der Waals surface area contributed by atoms with E-state index in [0.717, 1.165) is 12.1 Å². The summed E-state index contributed by atoms with van der Waals surface area (Å²) in [5, 5.41) is 3.47. The van der Waals surface area contributed by atoms with Crippen LogP contribution in [0.2, 0.25) is 0 Å². The molecule has 25 heavy (non-hydrogen) atoms. The van der Waals surface area contributed by atoms with Crippen LogP contribution < -0.4 is 10.9 Å². The van der Waals surface area contributed by atoms with Crippen LogP contribution in [0.25, 0.3) is 10.9 Å². The number of fused-ring (bicyclic) bond motifs is 1. The van der Waals surface area contributed by atoms with Crippen molar-refractivity contribution < 1.29 is 4.79 Å². The number of H-pyrrole nitrogens is 1. The molecule has 2 N–H and O–H groups in total. The number of hydrogen-bond donors (Lipinski definition) is 2. The van der Waals surface area contributed by atoms with E-state index in [-0.39, 0.29) is 11.5 Å². The summed E-state index contributed by atoms with van der Waals surface area (Å²) in [7, 11) is 0. The zero-order valence-corrected chi connectivity index (χ0v) is 14.2. The molecular formula is C20H21N3O2. The lowest BCUT2D eigenvalue weighted by molar-refractivity contribution is -0.116. The van der Waals surface area contributed by atoms with Gasteiger partial charge in [0.1, 0.15) is 5.82 Å². The number of aromatic nitrogens is 2. The van der Waals surface area contributed by atoms with Crippen molar-refractivity contribution in [2.24, 2.45) is 0 Å². The second-order valence-electron chi connectivity index (χ2n) is 5.98. The van der Waals surface area contributed by atoms with Gasteiger partial charge in [0.05, 0.1) is 10.9 Å². The summed E-state index contributed by atoms with van der Waals surface area (Å²) in [5.74, 6) is 0.580. The highest BCUT2D eigenvalue weighted by Gasteiger charge is 2.06. The number of carbonyl (C=O) groups is 1. The molecular weight excluding hydrogens is 314 g/mol. The van der Waals surface area contributed by atoms with E-state index in [1.165, 1.54) is 5.56 Å². The number of hydrogen-bond acceptors (Lipinski definition) is 3. The molecule has 3 rings (SSSR count). The van der Waals surface area contributed by atoms with Gasteiger partial charge in [-0.3, -0.25) is 9.59 Å². The Bertz CT molecular complexity index is 930. The van der Waals surface area contributed by atoms with Gasteiger partial charge in [0, 0.05) is 18.5 Å². The summed E-state index contributed by atoms with van der Waals surface area (Å²) in [6, 6.07) is 15.1. The van der Waals surface area contributed by atoms with E-state index in [9.17, 15) is 9.59 Å². The SMILES string of the molecule is CCc1ccc(NC(=O)CCCc2nc3ccccc3c(=O)[nH]2)cc1. The summed E-state index contributed by atoms with van der Waals surface area (Å²) < 4.78 is 0. The lowest BCUT2D eigenvalue weighted by Gasteiger charge is -2.06. The summed E-state index contributed by atoms with van der Waals surface area (Å²) in [4.78, 5) is 31.3. The molecule has 0 spiro atoms. The van der Waals surface area contributed by atoms with Gasteiger partial charge >= 0.3 is 0 Å². The minimum absolute atomic E-state index is 0.0348. The fraction of sp³-hybridized carbons (Fsp3) is 0.250. The maximum absolute atomic E-state index is 12.0. The van der Waals surface area contributed by atoms with Crippen molar-refractivity contribution in [2.75, 3.05) is 5.32 Å². The topological polar surface area (TPSA) is 74.8 Å². The van der Waals surface area contributed by atoms with Crippen LogP contribution in [0.1, 0.15) is 31.2 Å². The molecule has 1 aromatic heterocycles. The summed E-state index contributed by atoms with van der Waals surface area (Å²) in [6.45, 7) is 2.10. The molecule has 3 aromatic rings. The summed E-state index contributed by atoms with van der Waals surface area (Å²) in [6.07, 6.45) is 2.54. The Morgan fingerprint density at radius 3 is 2.64 bits per heavy atom. The predicted octanol–water partition coefficient (Wildman–Crippen LogP) is 3.45. The van der Waals surface area contributed by atoms with Crippen LogP contribution in [0.4, 0.5) is 5.69 Å². The average molecular weight is 335 g/mol. The van der Waals surface area contributed by atoms with Crippen molar-refractivity contribution in [1.82, 2.24) is 9.97 Å². The third-order valence-electron chi connectivity index (χ3n) is 4.13. The van der Waals surface area contributed by atoms with Gasteiger partial charge in [-0.15, -0.1) is 0 Å². The fourth-order valence-electron chi connectivity index (χ4n) is 2.72. The van der Waals surface area contributed by atoms with E-state index >= 15 is 0 Å². The Kier molecular flexibility index (Phi) is 5.23. The van der Waals surface area contributed by atoms with E-state index < -0.39 is 0 Å². The third-order valence-corrected chi connectivity index (χ3v) is 4.13. The second-order valence-corrected chi connectivity index (χ2v) is 5.98. The minimum Gasteiger partial charge on any atom is -0.326 e. The Labute approximate surface area is 146 Å². The number of aromatic amines is 1. The largest absolute Gasteiger partial charge is 0.326 e. The van der Waals surface area contributed by atoms with Crippen LogP contribution >= 0.6 is 0 Å². The van der Waals surface area contributed by atoms with E-state index in [2.05, 4.69) is 22.2 Å². The van der Waals surface area contributed by atoms with Crippen LogP contribution in [-0.4, -0.2) is 15.9 Å². The highest BCUT2D eigenvalue weighted by atomic mass is 16.1. The first-order valence-electron chi connectivity index (χ1n) is 8.52. The van der Waals surface area contributed by atoms with Crippen molar-refractivity contribution in [3.63, 3.8) is 0 Å². The lowest BCUT2D eigenvalue weighted by Crippen LogP contribution is -2.14. The van der Waals surface area contributed by atoms with Gasteiger partial charge in [-0.25, -0.2) is 4.98 Å². The molecule has 0 aliphatic rings. The molecule has 0 saturated carbocycles. The van der Waals surface area contributed by atoms with Gasteiger partial charge in [-0.05, 0) is 42.7 Å². The van der Waals surface area contributed by atoms with E-state index in [1.54, 1.807) is 6.07 Å². The first kappa shape index (κ1) is 16.9. The molecule has 5 nitrogen and oxygen atoms in total. The zero-order chi connectivity index (χ0) is 17.6. The molecule has 0 aliphatic carbocycles. The van der Waals surface area contributed by atoms with Crippen LogP contribution in [0, 0.1) is 0 Å². The van der Waals surface area contributed by atoms with Crippen molar-refractivity contribution in [3.8, 4) is 0 Å². The quantitative estimate of drug-likeness (QED) is 0.724. The highest BCUT2D eigenvalue weighted by molar-refractivity contribution is 5.90. The molecule has 2 aromatic carbocycles. The van der Waals surface area contributed by atoms with Gasteiger partial charge in [-0.2, -0.15) is 0 Å². The van der Waals surface area contributed by atoms with E-state index in [1.807, 2.05) is 42.5 Å². The second kappa shape index (κ2) is 7.75.